The van der Waals surface area contributed by atoms with Crippen molar-refractivity contribution in [2.45, 2.75) is 38.2 Å². The minimum absolute atomic E-state index is 0.0807. The van der Waals surface area contributed by atoms with Crippen molar-refractivity contribution in [3.63, 3.8) is 0 Å². The monoisotopic (exact) mass is 214 g/mol. The lowest BCUT2D eigenvalue weighted by Crippen LogP contribution is -2.18. The molecule has 0 unspecified atom stereocenters. The number of ether oxygens (including phenoxy) is 2. The molecule has 2 amide bonds. The number of rotatable bonds is 1. The molecular formula is C9H14N2O4. The van der Waals surface area contributed by atoms with Gasteiger partial charge in [-0.05, 0) is 25.7 Å². The molecule has 6 heteroatoms. The van der Waals surface area contributed by atoms with Gasteiger partial charge in [0.15, 0.2) is 0 Å². The van der Waals surface area contributed by atoms with Crippen molar-refractivity contribution in [1.29, 1.82) is 0 Å². The van der Waals surface area contributed by atoms with Crippen molar-refractivity contribution < 1.29 is 19.1 Å². The number of amides is 2. The predicted molar refractivity (Wildman–Crippen MR) is 50.6 cm³/mol. The van der Waals surface area contributed by atoms with Crippen LogP contribution in [-0.4, -0.2) is 25.4 Å². The van der Waals surface area contributed by atoms with E-state index in [-0.39, 0.29) is 6.10 Å². The lowest BCUT2D eigenvalue weighted by molar-refractivity contribution is 0.0815. The van der Waals surface area contributed by atoms with Crippen LogP contribution in [0.5, 0.6) is 0 Å². The molecule has 0 aromatic heterocycles. The second kappa shape index (κ2) is 6.10. The fourth-order valence-electron chi connectivity index (χ4n) is 1.47. The van der Waals surface area contributed by atoms with Crippen LogP contribution in [0, 0.1) is 0 Å². The number of carbonyl (C=O) groups excluding carboxylic acids is 2. The van der Waals surface area contributed by atoms with Gasteiger partial charge in [0.1, 0.15) is 6.10 Å². The van der Waals surface area contributed by atoms with Crippen LogP contribution in [-0.2, 0) is 9.47 Å². The molecule has 84 valence electrons. The van der Waals surface area contributed by atoms with Crippen LogP contribution in [0.3, 0.4) is 0 Å². The molecule has 15 heavy (non-hydrogen) atoms. The number of hydrogen-bond donors (Lipinski definition) is 0. The number of methoxy groups -OCH3 is 1. The van der Waals surface area contributed by atoms with E-state index in [1.54, 1.807) is 0 Å². The average Bonchev–Trinajstić information content (AvgIpc) is 2.27. The third-order valence-electron chi connectivity index (χ3n) is 2.21. The van der Waals surface area contributed by atoms with E-state index < -0.39 is 12.2 Å². The maximum atomic E-state index is 11.0. The first-order valence-corrected chi connectivity index (χ1v) is 4.92. The van der Waals surface area contributed by atoms with E-state index in [9.17, 15) is 9.59 Å². The van der Waals surface area contributed by atoms with E-state index in [0.29, 0.717) is 0 Å². The van der Waals surface area contributed by atoms with Gasteiger partial charge in [0.2, 0.25) is 0 Å². The smallest absolute Gasteiger partial charge is 0.450 e. The van der Waals surface area contributed by atoms with Crippen LogP contribution in [0.25, 0.3) is 0 Å². The van der Waals surface area contributed by atoms with Gasteiger partial charge in [-0.2, -0.15) is 0 Å². The summed E-state index contributed by atoms with van der Waals surface area (Å²) in [4.78, 5) is 21.6. The Balaban J connectivity index is 2.28. The molecule has 0 aromatic rings. The normalized spacial score (nSPS) is 17.7. The number of azo groups is 1. The van der Waals surface area contributed by atoms with Crippen molar-refractivity contribution in [2.75, 3.05) is 7.11 Å². The topological polar surface area (TPSA) is 77.3 Å². The molecule has 1 fully saturated rings. The molecule has 1 rings (SSSR count). The Morgan fingerprint density at radius 3 is 2.27 bits per heavy atom. The van der Waals surface area contributed by atoms with Crippen LogP contribution >= 0.6 is 0 Å². The number of hydrogen-bond acceptors (Lipinski definition) is 4. The van der Waals surface area contributed by atoms with Crippen molar-refractivity contribution in [3.05, 3.63) is 0 Å². The second-order valence-corrected chi connectivity index (χ2v) is 3.31. The quantitative estimate of drug-likeness (QED) is 0.628. The maximum Gasteiger partial charge on any atom is 0.452 e. The van der Waals surface area contributed by atoms with Crippen molar-refractivity contribution >= 4 is 12.2 Å². The summed E-state index contributed by atoms with van der Waals surface area (Å²) < 4.78 is 9.16. The Morgan fingerprint density at radius 2 is 1.67 bits per heavy atom. The summed E-state index contributed by atoms with van der Waals surface area (Å²) >= 11 is 0. The highest BCUT2D eigenvalue weighted by Gasteiger charge is 2.17. The van der Waals surface area contributed by atoms with Gasteiger partial charge < -0.3 is 9.47 Å². The highest BCUT2D eigenvalue weighted by molar-refractivity contribution is 5.73. The van der Waals surface area contributed by atoms with Crippen LogP contribution < -0.4 is 0 Å². The highest BCUT2D eigenvalue weighted by atomic mass is 16.6. The highest BCUT2D eigenvalue weighted by Crippen LogP contribution is 2.20. The standard InChI is InChI=1S/C9H14N2O4/c1-14-8(12)10-11-9(13)15-7-5-3-2-4-6-7/h7H,2-6H2,1H3. The van der Waals surface area contributed by atoms with Gasteiger partial charge in [0.05, 0.1) is 7.11 Å². The fraction of sp³-hybridized carbons (Fsp3) is 0.778. The summed E-state index contributed by atoms with van der Waals surface area (Å²) in [6, 6.07) is 0. The minimum atomic E-state index is -0.907. The van der Waals surface area contributed by atoms with E-state index in [1.165, 1.54) is 6.42 Å². The molecular weight excluding hydrogens is 200 g/mol. The molecule has 1 aliphatic rings. The Labute approximate surface area is 87.6 Å². The zero-order valence-corrected chi connectivity index (χ0v) is 8.64. The molecule has 0 spiro atoms. The summed E-state index contributed by atoms with van der Waals surface area (Å²) in [5.74, 6) is 0. The molecule has 0 N–H and O–H groups in total. The zero-order chi connectivity index (χ0) is 11.1. The Morgan fingerprint density at radius 1 is 1.07 bits per heavy atom. The van der Waals surface area contributed by atoms with Crippen LogP contribution in [0.4, 0.5) is 9.59 Å². The van der Waals surface area contributed by atoms with E-state index in [2.05, 4.69) is 15.0 Å². The lowest BCUT2D eigenvalue weighted by Gasteiger charge is -2.20. The Hall–Kier alpha value is -1.46. The SMILES string of the molecule is COC(=O)N=NC(=O)OC1CCCCC1. The summed E-state index contributed by atoms with van der Waals surface area (Å²) in [6.45, 7) is 0. The molecule has 0 atom stereocenters. The third kappa shape index (κ3) is 4.53. The first-order chi connectivity index (χ1) is 7.22. The molecule has 1 aliphatic carbocycles. The summed E-state index contributed by atoms with van der Waals surface area (Å²) in [7, 11) is 1.16. The molecule has 6 nitrogen and oxygen atoms in total. The van der Waals surface area contributed by atoms with Crippen LogP contribution in [0.2, 0.25) is 0 Å². The fourth-order valence-corrected chi connectivity index (χ4v) is 1.47. The predicted octanol–water partition coefficient (Wildman–Crippen LogP) is 2.67. The number of carbonyl (C=O) groups is 2. The molecule has 0 aromatic carbocycles. The molecule has 0 aliphatic heterocycles. The zero-order valence-electron chi connectivity index (χ0n) is 8.64. The van der Waals surface area contributed by atoms with Gasteiger partial charge >= 0.3 is 12.2 Å². The van der Waals surface area contributed by atoms with Crippen molar-refractivity contribution in [2.24, 2.45) is 10.2 Å². The summed E-state index contributed by atoms with van der Waals surface area (Å²) in [5, 5.41) is 6.08. The molecule has 0 radical (unpaired) electrons. The van der Waals surface area contributed by atoms with Gasteiger partial charge in [0, 0.05) is 0 Å². The van der Waals surface area contributed by atoms with E-state index >= 15 is 0 Å². The van der Waals surface area contributed by atoms with Gasteiger partial charge in [-0.25, -0.2) is 9.59 Å². The minimum Gasteiger partial charge on any atom is -0.450 e. The molecule has 0 heterocycles. The van der Waals surface area contributed by atoms with Gasteiger partial charge in [-0.1, -0.05) is 16.6 Å². The maximum absolute atomic E-state index is 11.0. The van der Waals surface area contributed by atoms with Gasteiger partial charge in [-0.15, -0.1) is 0 Å². The summed E-state index contributed by atoms with van der Waals surface area (Å²) in [6.07, 6.45) is 3.21. The average molecular weight is 214 g/mol. The second-order valence-electron chi connectivity index (χ2n) is 3.31. The Kier molecular flexibility index (Phi) is 4.73. The summed E-state index contributed by atoms with van der Waals surface area (Å²) in [5.41, 5.74) is 0. The Bertz CT molecular complexity index is 259. The van der Waals surface area contributed by atoms with Crippen molar-refractivity contribution in [1.82, 2.24) is 0 Å². The molecule has 0 saturated heterocycles. The van der Waals surface area contributed by atoms with Gasteiger partial charge in [0.25, 0.3) is 0 Å². The largest absolute Gasteiger partial charge is 0.452 e. The van der Waals surface area contributed by atoms with E-state index in [0.717, 1.165) is 32.8 Å². The molecule has 0 bridgehead atoms. The van der Waals surface area contributed by atoms with E-state index in [4.69, 9.17) is 4.74 Å². The van der Waals surface area contributed by atoms with Gasteiger partial charge in [-0.3, -0.25) is 0 Å². The number of nitrogens with zero attached hydrogens (tertiary/aromatic N) is 2. The first kappa shape index (κ1) is 11.6. The van der Waals surface area contributed by atoms with Crippen LogP contribution in [0.15, 0.2) is 10.2 Å². The van der Waals surface area contributed by atoms with Crippen LogP contribution in [0.1, 0.15) is 32.1 Å². The lowest BCUT2D eigenvalue weighted by atomic mass is 9.98. The molecule has 1 saturated carbocycles. The third-order valence-corrected chi connectivity index (χ3v) is 2.21. The van der Waals surface area contributed by atoms with E-state index in [1.807, 2.05) is 0 Å². The first-order valence-electron chi connectivity index (χ1n) is 4.92. The van der Waals surface area contributed by atoms with Crippen molar-refractivity contribution in [3.8, 4) is 0 Å².